The normalized spacial score (nSPS) is 12.4. The lowest BCUT2D eigenvalue weighted by molar-refractivity contribution is 0.0603. The van der Waals surface area contributed by atoms with Crippen LogP contribution in [0.2, 0.25) is 0 Å². The molecule has 0 spiro atoms. The molecule has 0 saturated heterocycles. The Morgan fingerprint density at radius 1 is 1.65 bits per heavy atom. The first-order chi connectivity index (χ1) is 8.17. The largest absolute Gasteiger partial charge is 0.455 e. The number of carbonyl (C=O) groups is 1. The first-order valence-electron chi connectivity index (χ1n) is 5.20. The zero-order valence-electron chi connectivity index (χ0n) is 9.93. The molecule has 0 radical (unpaired) electrons. The number of hydrogen-bond acceptors (Lipinski definition) is 5. The van der Waals surface area contributed by atoms with Crippen LogP contribution in [0.1, 0.15) is 16.3 Å². The fourth-order valence-corrected chi connectivity index (χ4v) is 1.71. The van der Waals surface area contributed by atoms with E-state index in [1.54, 1.807) is 23.9 Å². The van der Waals surface area contributed by atoms with E-state index >= 15 is 0 Å². The van der Waals surface area contributed by atoms with E-state index in [1.807, 2.05) is 6.26 Å². The fourth-order valence-electron chi connectivity index (χ4n) is 1.27. The van der Waals surface area contributed by atoms with Gasteiger partial charge in [-0.15, -0.1) is 0 Å². The molecule has 2 N–H and O–H groups in total. The van der Waals surface area contributed by atoms with Gasteiger partial charge >= 0.3 is 0 Å². The third kappa shape index (κ3) is 4.80. The maximum atomic E-state index is 11.6. The summed E-state index contributed by atoms with van der Waals surface area (Å²) >= 11 is 1.62. The predicted molar refractivity (Wildman–Crippen MR) is 66.1 cm³/mol. The molecule has 1 heterocycles. The Labute approximate surface area is 105 Å². The quantitative estimate of drug-likeness (QED) is 0.760. The Balaban J connectivity index is 2.40. The summed E-state index contributed by atoms with van der Waals surface area (Å²) in [7, 11) is 1.49. The van der Waals surface area contributed by atoms with Crippen LogP contribution in [0.5, 0.6) is 0 Å². The average molecular weight is 259 g/mol. The molecule has 0 bridgehead atoms. The second-order valence-electron chi connectivity index (χ2n) is 3.52. The van der Waals surface area contributed by atoms with E-state index in [1.165, 1.54) is 7.11 Å². The Bertz CT molecular complexity index is 353. The zero-order valence-corrected chi connectivity index (χ0v) is 10.8. The van der Waals surface area contributed by atoms with Crippen LogP contribution in [0.4, 0.5) is 0 Å². The van der Waals surface area contributed by atoms with Crippen molar-refractivity contribution in [2.45, 2.75) is 11.9 Å². The minimum absolute atomic E-state index is 0.144. The van der Waals surface area contributed by atoms with E-state index in [2.05, 4.69) is 5.32 Å². The number of nitrogens with one attached hydrogen (secondary N) is 1. The number of hydrogen-bond donors (Lipinski definition) is 2. The van der Waals surface area contributed by atoms with E-state index in [0.29, 0.717) is 0 Å². The molecule has 96 valence electrons. The van der Waals surface area contributed by atoms with Gasteiger partial charge in [-0.2, -0.15) is 11.8 Å². The lowest BCUT2D eigenvalue weighted by Gasteiger charge is -2.09. The van der Waals surface area contributed by atoms with Gasteiger partial charge in [-0.25, -0.2) is 0 Å². The molecular formula is C11H17NO4S. The van der Waals surface area contributed by atoms with Gasteiger partial charge in [-0.3, -0.25) is 4.79 Å². The van der Waals surface area contributed by atoms with Crippen LogP contribution in [0.3, 0.4) is 0 Å². The van der Waals surface area contributed by atoms with E-state index in [9.17, 15) is 9.90 Å². The summed E-state index contributed by atoms with van der Waals surface area (Å²) in [6.45, 7) is 0.335. The molecular weight excluding hydrogens is 242 g/mol. The highest BCUT2D eigenvalue weighted by molar-refractivity contribution is 7.97. The summed E-state index contributed by atoms with van der Waals surface area (Å²) in [5.74, 6) is 1.44. The van der Waals surface area contributed by atoms with Crippen LogP contribution in [-0.2, 0) is 10.5 Å². The highest BCUT2D eigenvalue weighted by Gasteiger charge is 2.12. The summed E-state index contributed by atoms with van der Waals surface area (Å²) in [6.07, 6.45) is 1.26. The molecule has 0 aliphatic carbocycles. The highest BCUT2D eigenvalue weighted by atomic mass is 32.2. The summed E-state index contributed by atoms with van der Waals surface area (Å²) in [5, 5.41) is 11.9. The number of aliphatic hydroxyl groups excluding tert-OH is 1. The van der Waals surface area contributed by atoms with E-state index in [0.717, 1.165) is 11.5 Å². The number of furan rings is 1. The Morgan fingerprint density at radius 2 is 2.41 bits per heavy atom. The molecule has 0 aliphatic rings. The van der Waals surface area contributed by atoms with Gasteiger partial charge in [-0.05, 0) is 18.4 Å². The number of thioether (sulfide) groups is 1. The second kappa shape index (κ2) is 7.37. The van der Waals surface area contributed by atoms with Crippen molar-refractivity contribution in [1.29, 1.82) is 0 Å². The average Bonchev–Trinajstić information content (AvgIpc) is 2.75. The van der Waals surface area contributed by atoms with Crippen LogP contribution in [-0.4, -0.2) is 43.6 Å². The van der Waals surface area contributed by atoms with Crippen molar-refractivity contribution in [2.75, 3.05) is 26.5 Å². The molecule has 0 saturated carbocycles. The van der Waals surface area contributed by atoms with Crippen molar-refractivity contribution in [2.24, 2.45) is 0 Å². The third-order valence-corrected chi connectivity index (χ3v) is 2.60. The van der Waals surface area contributed by atoms with Gasteiger partial charge < -0.3 is 19.6 Å². The molecule has 1 rings (SSSR count). The van der Waals surface area contributed by atoms with Gasteiger partial charge in [0.15, 0.2) is 5.76 Å². The Morgan fingerprint density at radius 3 is 3.06 bits per heavy atom. The summed E-state index contributed by atoms with van der Waals surface area (Å²) in [6, 6.07) is 3.40. The van der Waals surface area contributed by atoms with Gasteiger partial charge in [0.2, 0.25) is 0 Å². The van der Waals surface area contributed by atoms with Crippen LogP contribution < -0.4 is 5.32 Å². The number of ether oxygens (including phenoxy) is 1. The number of aliphatic hydroxyl groups is 1. The van der Waals surface area contributed by atoms with Crippen LogP contribution in [0.25, 0.3) is 0 Å². The maximum Gasteiger partial charge on any atom is 0.287 e. The molecule has 0 fully saturated rings. The topological polar surface area (TPSA) is 71.7 Å². The SMILES string of the molecule is COCC(O)CNC(=O)c1ccc(CSC)o1. The first-order valence-corrected chi connectivity index (χ1v) is 6.59. The molecule has 5 nitrogen and oxygen atoms in total. The van der Waals surface area contributed by atoms with Crippen LogP contribution in [0, 0.1) is 0 Å². The third-order valence-electron chi connectivity index (χ3n) is 2.03. The molecule has 6 heteroatoms. The summed E-state index contributed by atoms with van der Waals surface area (Å²) in [5.41, 5.74) is 0. The Hall–Kier alpha value is -0.980. The minimum atomic E-state index is -0.704. The van der Waals surface area contributed by atoms with Gasteiger partial charge in [0.05, 0.1) is 18.5 Å². The number of methoxy groups -OCH3 is 1. The maximum absolute atomic E-state index is 11.6. The molecule has 1 aromatic rings. The molecule has 17 heavy (non-hydrogen) atoms. The first kappa shape index (κ1) is 14.1. The lowest BCUT2D eigenvalue weighted by Crippen LogP contribution is -2.34. The van der Waals surface area contributed by atoms with E-state index < -0.39 is 6.10 Å². The van der Waals surface area contributed by atoms with Crippen molar-refractivity contribution in [3.05, 3.63) is 23.7 Å². The predicted octanol–water partition coefficient (Wildman–Crippen LogP) is 0.880. The van der Waals surface area contributed by atoms with Crippen LogP contribution >= 0.6 is 11.8 Å². The number of carbonyl (C=O) groups excluding carboxylic acids is 1. The van der Waals surface area contributed by atoms with Gasteiger partial charge in [0, 0.05) is 13.7 Å². The van der Waals surface area contributed by atoms with Gasteiger partial charge in [0.1, 0.15) is 5.76 Å². The van der Waals surface area contributed by atoms with E-state index in [-0.39, 0.29) is 24.8 Å². The van der Waals surface area contributed by atoms with Gasteiger partial charge in [-0.1, -0.05) is 0 Å². The van der Waals surface area contributed by atoms with E-state index in [4.69, 9.17) is 9.15 Å². The molecule has 0 aliphatic heterocycles. The standard InChI is InChI=1S/C11H17NO4S/c1-15-6-8(13)5-12-11(14)10-4-3-9(16-10)7-17-2/h3-4,8,13H,5-7H2,1-2H3,(H,12,14). The minimum Gasteiger partial charge on any atom is -0.455 e. The van der Waals surface area contributed by atoms with Gasteiger partial charge in [0.25, 0.3) is 5.91 Å². The Kier molecular flexibility index (Phi) is 6.10. The van der Waals surface area contributed by atoms with Crippen molar-refractivity contribution in [1.82, 2.24) is 5.32 Å². The highest BCUT2D eigenvalue weighted by Crippen LogP contribution is 2.13. The molecule has 0 aromatic carbocycles. The molecule has 1 atom stereocenters. The van der Waals surface area contributed by atoms with Crippen molar-refractivity contribution >= 4 is 17.7 Å². The lowest BCUT2D eigenvalue weighted by atomic mass is 10.3. The number of amides is 1. The summed E-state index contributed by atoms with van der Waals surface area (Å²) < 4.78 is 10.1. The van der Waals surface area contributed by atoms with Crippen molar-refractivity contribution in [3.63, 3.8) is 0 Å². The second-order valence-corrected chi connectivity index (χ2v) is 4.38. The van der Waals surface area contributed by atoms with Crippen molar-refractivity contribution in [3.8, 4) is 0 Å². The molecule has 1 unspecified atom stereocenters. The monoisotopic (exact) mass is 259 g/mol. The van der Waals surface area contributed by atoms with Crippen LogP contribution in [0.15, 0.2) is 16.5 Å². The molecule has 1 aromatic heterocycles. The van der Waals surface area contributed by atoms with Crippen molar-refractivity contribution < 1.29 is 19.1 Å². The fraction of sp³-hybridized carbons (Fsp3) is 0.545. The smallest absolute Gasteiger partial charge is 0.287 e. The molecule has 1 amide bonds. The zero-order chi connectivity index (χ0) is 12.7. The number of rotatable bonds is 7. The summed E-state index contributed by atoms with van der Waals surface area (Å²) in [4.78, 5) is 11.6.